The van der Waals surface area contributed by atoms with Crippen LogP contribution in [0.15, 0.2) is 29.0 Å². The Labute approximate surface area is 106 Å². The highest BCUT2D eigenvalue weighted by Crippen LogP contribution is 2.15. The quantitative estimate of drug-likeness (QED) is 0.845. The van der Waals surface area contributed by atoms with Crippen molar-refractivity contribution in [3.63, 3.8) is 0 Å². The van der Waals surface area contributed by atoms with Gasteiger partial charge in [-0.3, -0.25) is 4.98 Å². The molecule has 2 aromatic heterocycles. The smallest absolute Gasteiger partial charge is 0.243 e. The van der Waals surface area contributed by atoms with Crippen LogP contribution in [0, 0.1) is 0 Å². The van der Waals surface area contributed by atoms with Crippen molar-refractivity contribution >= 4 is 0 Å². The molecule has 0 aliphatic rings. The molecule has 2 aromatic rings. The van der Waals surface area contributed by atoms with Crippen molar-refractivity contribution in [2.24, 2.45) is 5.73 Å². The molecule has 5 nitrogen and oxygen atoms in total. The van der Waals surface area contributed by atoms with Crippen molar-refractivity contribution < 1.29 is 4.52 Å². The summed E-state index contributed by atoms with van der Waals surface area (Å²) in [5.74, 6) is 1.20. The zero-order chi connectivity index (χ0) is 12.8. The first-order valence-corrected chi connectivity index (χ1v) is 6.26. The van der Waals surface area contributed by atoms with Crippen LogP contribution in [0.25, 0.3) is 0 Å². The Morgan fingerprint density at radius 1 is 1.33 bits per heavy atom. The molecule has 0 amide bonds. The summed E-state index contributed by atoms with van der Waals surface area (Å²) < 4.78 is 5.19. The minimum absolute atomic E-state index is 0.149. The third kappa shape index (κ3) is 3.37. The summed E-state index contributed by atoms with van der Waals surface area (Å²) in [6.07, 6.45) is 7.22. The van der Waals surface area contributed by atoms with Gasteiger partial charge in [-0.05, 0) is 24.1 Å². The van der Waals surface area contributed by atoms with Crippen molar-refractivity contribution in [1.82, 2.24) is 15.1 Å². The lowest BCUT2D eigenvalue weighted by Gasteiger charge is -2.03. The van der Waals surface area contributed by atoms with Crippen LogP contribution >= 0.6 is 0 Å². The largest absolute Gasteiger partial charge is 0.338 e. The summed E-state index contributed by atoms with van der Waals surface area (Å²) in [5, 5.41) is 3.95. The van der Waals surface area contributed by atoms with Gasteiger partial charge in [-0.25, -0.2) is 0 Å². The summed E-state index contributed by atoms with van der Waals surface area (Å²) in [6.45, 7) is 2.13. The van der Waals surface area contributed by atoms with Gasteiger partial charge in [0, 0.05) is 18.8 Å². The molecule has 5 heteroatoms. The Kier molecular flexibility index (Phi) is 4.41. The van der Waals surface area contributed by atoms with Crippen LogP contribution in [0.2, 0.25) is 0 Å². The zero-order valence-electron chi connectivity index (χ0n) is 10.5. The van der Waals surface area contributed by atoms with Crippen LogP contribution < -0.4 is 5.73 Å². The van der Waals surface area contributed by atoms with E-state index in [4.69, 9.17) is 10.3 Å². The highest BCUT2D eigenvalue weighted by Gasteiger charge is 2.14. The molecule has 0 spiro atoms. The molecule has 0 aliphatic carbocycles. The molecule has 0 aromatic carbocycles. The second-order valence-electron chi connectivity index (χ2n) is 4.33. The third-order valence-corrected chi connectivity index (χ3v) is 2.78. The Bertz CT molecular complexity index is 469. The fourth-order valence-corrected chi connectivity index (χ4v) is 1.72. The molecular formula is C13H18N4O. The lowest BCUT2D eigenvalue weighted by atomic mass is 10.1. The number of rotatable bonds is 6. The molecule has 0 saturated heterocycles. The van der Waals surface area contributed by atoms with Crippen LogP contribution in [0.4, 0.5) is 0 Å². The van der Waals surface area contributed by atoms with E-state index in [0.717, 1.165) is 24.8 Å². The highest BCUT2D eigenvalue weighted by molar-refractivity contribution is 5.14. The van der Waals surface area contributed by atoms with Crippen molar-refractivity contribution in [2.75, 3.05) is 0 Å². The molecular weight excluding hydrogens is 228 g/mol. The number of hydrogen-bond acceptors (Lipinski definition) is 5. The van der Waals surface area contributed by atoms with Gasteiger partial charge in [-0.1, -0.05) is 24.9 Å². The van der Waals surface area contributed by atoms with E-state index in [-0.39, 0.29) is 6.04 Å². The first-order chi connectivity index (χ1) is 8.79. The van der Waals surface area contributed by atoms with E-state index in [2.05, 4.69) is 22.0 Å². The lowest BCUT2D eigenvalue weighted by Crippen LogP contribution is -2.10. The summed E-state index contributed by atoms with van der Waals surface area (Å²) in [4.78, 5) is 8.31. The monoisotopic (exact) mass is 246 g/mol. The minimum Gasteiger partial charge on any atom is -0.338 e. The minimum atomic E-state index is -0.149. The van der Waals surface area contributed by atoms with E-state index in [9.17, 15) is 0 Å². The maximum Gasteiger partial charge on any atom is 0.243 e. The molecule has 0 bridgehead atoms. The van der Waals surface area contributed by atoms with E-state index in [0.29, 0.717) is 18.1 Å². The summed E-state index contributed by atoms with van der Waals surface area (Å²) in [7, 11) is 0. The maximum atomic E-state index is 5.98. The Morgan fingerprint density at radius 3 is 2.83 bits per heavy atom. The predicted molar refractivity (Wildman–Crippen MR) is 67.8 cm³/mol. The maximum absolute atomic E-state index is 5.98. The average molecular weight is 246 g/mol. The second-order valence-corrected chi connectivity index (χ2v) is 4.33. The summed E-state index contributed by atoms with van der Waals surface area (Å²) in [6, 6.07) is 3.73. The van der Waals surface area contributed by atoms with E-state index in [1.807, 2.05) is 12.1 Å². The van der Waals surface area contributed by atoms with Crippen molar-refractivity contribution in [3.05, 3.63) is 41.8 Å². The number of aromatic nitrogens is 3. The van der Waals surface area contributed by atoms with E-state index in [1.165, 1.54) is 0 Å². The molecule has 0 saturated carbocycles. The number of hydrogen-bond donors (Lipinski definition) is 1. The van der Waals surface area contributed by atoms with Crippen LogP contribution in [0.3, 0.4) is 0 Å². The SMILES string of the molecule is CCCC[C@H](N)c1nc(Cc2ccncc2)no1. The van der Waals surface area contributed by atoms with Gasteiger partial charge in [-0.2, -0.15) is 4.98 Å². The van der Waals surface area contributed by atoms with Gasteiger partial charge in [0.05, 0.1) is 6.04 Å². The molecule has 96 valence electrons. The Morgan fingerprint density at radius 2 is 2.11 bits per heavy atom. The molecule has 0 aliphatic heterocycles. The first-order valence-electron chi connectivity index (χ1n) is 6.26. The van der Waals surface area contributed by atoms with Gasteiger partial charge in [0.2, 0.25) is 5.89 Å². The summed E-state index contributed by atoms with van der Waals surface area (Å²) >= 11 is 0. The van der Waals surface area contributed by atoms with Crippen LogP contribution in [0.1, 0.15) is 49.5 Å². The van der Waals surface area contributed by atoms with E-state index in [1.54, 1.807) is 12.4 Å². The molecule has 2 heterocycles. The number of nitrogens with two attached hydrogens (primary N) is 1. The highest BCUT2D eigenvalue weighted by atomic mass is 16.5. The van der Waals surface area contributed by atoms with Gasteiger partial charge in [0.15, 0.2) is 5.82 Å². The Hall–Kier alpha value is -1.75. The van der Waals surface area contributed by atoms with Crippen LogP contribution in [-0.4, -0.2) is 15.1 Å². The lowest BCUT2D eigenvalue weighted by molar-refractivity contribution is 0.343. The normalized spacial score (nSPS) is 12.6. The number of nitrogens with zero attached hydrogens (tertiary/aromatic N) is 3. The molecule has 2 rings (SSSR count). The van der Waals surface area contributed by atoms with Gasteiger partial charge >= 0.3 is 0 Å². The van der Waals surface area contributed by atoms with Gasteiger partial charge in [-0.15, -0.1) is 0 Å². The molecule has 0 radical (unpaired) electrons. The van der Waals surface area contributed by atoms with Gasteiger partial charge in [0.25, 0.3) is 0 Å². The fraction of sp³-hybridized carbons (Fsp3) is 0.462. The van der Waals surface area contributed by atoms with E-state index >= 15 is 0 Å². The summed E-state index contributed by atoms with van der Waals surface area (Å²) in [5.41, 5.74) is 7.09. The molecule has 2 N–H and O–H groups in total. The van der Waals surface area contributed by atoms with Crippen molar-refractivity contribution in [2.45, 2.75) is 38.6 Å². The van der Waals surface area contributed by atoms with Crippen LogP contribution in [0.5, 0.6) is 0 Å². The second kappa shape index (κ2) is 6.26. The zero-order valence-corrected chi connectivity index (χ0v) is 10.5. The standard InChI is InChI=1S/C13H18N4O/c1-2-3-4-11(14)13-16-12(17-18-13)9-10-5-7-15-8-6-10/h5-8,11H,2-4,9,14H2,1H3/t11-/m0/s1. The van der Waals surface area contributed by atoms with E-state index < -0.39 is 0 Å². The molecule has 18 heavy (non-hydrogen) atoms. The predicted octanol–water partition coefficient (Wildman–Crippen LogP) is 2.25. The number of pyridine rings is 1. The fourth-order valence-electron chi connectivity index (χ4n) is 1.72. The van der Waals surface area contributed by atoms with Crippen molar-refractivity contribution in [3.8, 4) is 0 Å². The molecule has 0 unspecified atom stereocenters. The topological polar surface area (TPSA) is 77.8 Å². The third-order valence-electron chi connectivity index (χ3n) is 2.78. The first kappa shape index (κ1) is 12.7. The molecule has 0 fully saturated rings. The molecule has 1 atom stereocenters. The number of unbranched alkanes of at least 4 members (excludes halogenated alkanes) is 1. The van der Waals surface area contributed by atoms with Crippen molar-refractivity contribution in [1.29, 1.82) is 0 Å². The van der Waals surface area contributed by atoms with Crippen LogP contribution in [-0.2, 0) is 6.42 Å². The van der Waals surface area contributed by atoms with Gasteiger partial charge < -0.3 is 10.3 Å². The van der Waals surface area contributed by atoms with Gasteiger partial charge in [0.1, 0.15) is 0 Å². The average Bonchev–Trinajstić information content (AvgIpc) is 2.86. The Balaban J connectivity index is 1.98.